The topological polar surface area (TPSA) is 80.3 Å². The van der Waals surface area contributed by atoms with Crippen molar-refractivity contribution < 1.29 is 28.2 Å². The Morgan fingerprint density at radius 2 is 1.57 bits per heavy atom. The lowest BCUT2D eigenvalue weighted by atomic mass is 10.1. The molecule has 0 aromatic heterocycles. The predicted molar refractivity (Wildman–Crippen MR) is 172 cm³/mol. The largest absolute Gasteiger partial charge is 0.496 e. The smallest absolute Gasteiger partial charge is 0.341 e. The van der Waals surface area contributed by atoms with Gasteiger partial charge in [-0.3, -0.25) is 10.2 Å². The lowest BCUT2D eigenvalue weighted by molar-refractivity contribution is -0.117. The van der Waals surface area contributed by atoms with E-state index in [2.05, 4.69) is 26.3 Å². The zero-order chi connectivity index (χ0) is 31.1. The Balaban J connectivity index is 1.45. The molecule has 0 unspecified atom stereocenters. The molecule has 5 rings (SSSR count). The number of anilines is 3. The standard InChI is InChI=1S/C34H33BrFN3O5/c1-42-32-20-23(29(35)22-28(32)34(41)43-2)21-33(40)39(31-9-5-4-8-30(31)38-18-6-3-7-19-38)37-25-12-16-27(17-13-25)44-26-14-10-24(36)11-15-26/h4-5,8-17,20,22,37H,3,6-7,18-19,21H2,1-2H3. The van der Waals surface area contributed by atoms with Crippen molar-refractivity contribution in [2.45, 2.75) is 25.7 Å². The molecule has 1 heterocycles. The molecule has 4 aromatic carbocycles. The summed E-state index contributed by atoms with van der Waals surface area (Å²) in [5.74, 6) is 0.291. The van der Waals surface area contributed by atoms with Crippen molar-refractivity contribution in [2.75, 3.05) is 42.6 Å². The minimum atomic E-state index is -0.536. The van der Waals surface area contributed by atoms with Gasteiger partial charge < -0.3 is 19.1 Å². The fourth-order valence-electron chi connectivity index (χ4n) is 5.09. The van der Waals surface area contributed by atoms with Crippen LogP contribution >= 0.6 is 15.9 Å². The van der Waals surface area contributed by atoms with Crippen molar-refractivity contribution in [1.29, 1.82) is 0 Å². The van der Waals surface area contributed by atoms with E-state index in [1.165, 1.54) is 32.8 Å². The van der Waals surface area contributed by atoms with E-state index in [0.717, 1.165) is 37.3 Å². The molecule has 0 spiro atoms. The molecule has 8 nitrogen and oxygen atoms in total. The summed E-state index contributed by atoms with van der Waals surface area (Å²) >= 11 is 3.53. The van der Waals surface area contributed by atoms with Crippen LogP contribution in [-0.2, 0) is 16.0 Å². The summed E-state index contributed by atoms with van der Waals surface area (Å²) in [6.45, 7) is 1.82. The SMILES string of the molecule is COC(=O)c1cc(Br)c(CC(=O)N(Nc2ccc(Oc3ccc(F)cc3)cc2)c2ccccc2N2CCCCC2)cc1OC. The number of halogens is 2. The fourth-order valence-corrected chi connectivity index (χ4v) is 5.57. The van der Waals surface area contributed by atoms with E-state index >= 15 is 0 Å². The number of carbonyl (C=O) groups excluding carboxylic acids is 2. The lowest BCUT2D eigenvalue weighted by Crippen LogP contribution is -2.39. The monoisotopic (exact) mass is 661 g/mol. The number of nitrogens with zero attached hydrogens (tertiary/aromatic N) is 2. The van der Waals surface area contributed by atoms with Crippen LogP contribution in [0.4, 0.5) is 21.5 Å². The number of hydrogen-bond acceptors (Lipinski definition) is 7. The van der Waals surface area contributed by atoms with E-state index in [4.69, 9.17) is 14.2 Å². The molecule has 0 atom stereocenters. The minimum Gasteiger partial charge on any atom is -0.496 e. The van der Waals surface area contributed by atoms with E-state index in [1.807, 2.05) is 36.4 Å². The van der Waals surface area contributed by atoms with Gasteiger partial charge in [-0.05, 0) is 97.6 Å². The second-order valence-electron chi connectivity index (χ2n) is 10.3. The second kappa shape index (κ2) is 14.3. The number of benzene rings is 4. The van der Waals surface area contributed by atoms with E-state index in [9.17, 15) is 14.0 Å². The van der Waals surface area contributed by atoms with Crippen molar-refractivity contribution in [2.24, 2.45) is 0 Å². The van der Waals surface area contributed by atoms with Gasteiger partial charge in [0.1, 0.15) is 28.6 Å². The summed E-state index contributed by atoms with van der Waals surface area (Å²) in [6.07, 6.45) is 3.36. The fraction of sp³-hybridized carbons (Fsp3) is 0.235. The number of ether oxygens (including phenoxy) is 3. The molecule has 1 fully saturated rings. The molecule has 1 N–H and O–H groups in total. The highest BCUT2D eigenvalue weighted by Gasteiger charge is 2.25. The first kappa shape index (κ1) is 30.9. The number of piperidine rings is 1. The Labute approximate surface area is 264 Å². The molecule has 0 radical (unpaired) electrons. The number of hydrogen-bond donors (Lipinski definition) is 1. The zero-order valence-corrected chi connectivity index (χ0v) is 26.1. The van der Waals surface area contributed by atoms with Crippen molar-refractivity contribution >= 4 is 44.9 Å². The van der Waals surface area contributed by atoms with Gasteiger partial charge in [0.05, 0.1) is 37.7 Å². The lowest BCUT2D eigenvalue weighted by Gasteiger charge is -2.34. The molecule has 1 saturated heterocycles. The zero-order valence-electron chi connectivity index (χ0n) is 24.5. The van der Waals surface area contributed by atoms with Gasteiger partial charge in [-0.15, -0.1) is 0 Å². The maximum absolute atomic E-state index is 14.2. The van der Waals surface area contributed by atoms with Crippen molar-refractivity contribution in [3.8, 4) is 17.2 Å². The molecule has 228 valence electrons. The van der Waals surface area contributed by atoms with E-state index in [-0.39, 0.29) is 23.7 Å². The molecule has 1 amide bonds. The number of methoxy groups -OCH3 is 2. The minimum absolute atomic E-state index is 0.00545. The average Bonchev–Trinajstić information content (AvgIpc) is 3.06. The molecule has 0 aliphatic carbocycles. The van der Waals surface area contributed by atoms with Crippen LogP contribution in [0.1, 0.15) is 35.2 Å². The van der Waals surface area contributed by atoms with Crippen molar-refractivity contribution in [3.63, 3.8) is 0 Å². The van der Waals surface area contributed by atoms with Crippen molar-refractivity contribution in [1.82, 2.24) is 0 Å². The number of carbonyl (C=O) groups is 2. The third-order valence-electron chi connectivity index (χ3n) is 7.33. The van der Waals surface area contributed by atoms with Gasteiger partial charge in [0.25, 0.3) is 0 Å². The molecule has 44 heavy (non-hydrogen) atoms. The van der Waals surface area contributed by atoms with Crippen LogP contribution in [0.15, 0.2) is 89.4 Å². The average molecular weight is 663 g/mol. The van der Waals surface area contributed by atoms with Gasteiger partial charge in [0.15, 0.2) is 0 Å². The highest BCUT2D eigenvalue weighted by molar-refractivity contribution is 9.10. The quantitative estimate of drug-likeness (QED) is 0.137. The van der Waals surface area contributed by atoms with Gasteiger partial charge in [-0.2, -0.15) is 0 Å². The Morgan fingerprint density at radius 1 is 0.909 bits per heavy atom. The Hall–Kier alpha value is -4.57. The van der Waals surface area contributed by atoms with Crippen LogP contribution in [0, 0.1) is 5.82 Å². The van der Waals surface area contributed by atoms with E-state index in [1.54, 1.807) is 41.4 Å². The van der Waals surface area contributed by atoms with Crippen LogP contribution in [0.2, 0.25) is 0 Å². The molecule has 10 heteroatoms. The molecule has 1 aliphatic heterocycles. The van der Waals surface area contributed by atoms with Crippen LogP contribution in [0.3, 0.4) is 0 Å². The summed E-state index contributed by atoms with van der Waals surface area (Å²) in [7, 11) is 2.77. The van der Waals surface area contributed by atoms with Crippen LogP contribution in [0.25, 0.3) is 0 Å². The summed E-state index contributed by atoms with van der Waals surface area (Å²) in [6, 6.07) is 24.1. The maximum Gasteiger partial charge on any atom is 0.341 e. The molecule has 4 aromatic rings. The van der Waals surface area contributed by atoms with Crippen molar-refractivity contribution in [3.05, 3.63) is 106 Å². The van der Waals surface area contributed by atoms with Gasteiger partial charge in [-0.25, -0.2) is 14.2 Å². The van der Waals surface area contributed by atoms with Gasteiger partial charge >= 0.3 is 5.97 Å². The Kier molecular flexibility index (Phi) is 10.0. The van der Waals surface area contributed by atoms with E-state index < -0.39 is 5.97 Å². The molecule has 0 bridgehead atoms. The number of hydrazine groups is 1. The summed E-state index contributed by atoms with van der Waals surface area (Å²) in [5.41, 5.74) is 6.56. The molecule has 0 saturated carbocycles. The molecular weight excluding hydrogens is 629 g/mol. The third kappa shape index (κ3) is 7.31. The first-order valence-corrected chi connectivity index (χ1v) is 15.1. The number of para-hydroxylation sites is 2. The highest BCUT2D eigenvalue weighted by Crippen LogP contribution is 2.34. The third-order valence-corrected chi connectivity index (χ3v) is 8.07. The first-order valence-electron chi connectivity index (χ1n) is 14.3. The van der Waals surface area contributed by atoms with Crippen LogP contribution in [-0.4, -0.2) is 39.2 Å². The number of rotatable bonds is 10. The second-order valence-corrected chi connectivity index (χ2v) is 11.1. The highest BCUT2D eigenvalue weighted by atomic mass is 79.9. The summed E-state index contributed by atoms with van der Waals surface area (Å²) in [4.78, 5) is 28.7. The number of esters is 1. The number of nitrogens with one attached hydrogen (secondary N) is 1. The van der Waals surface area contributed by atoms with E-state index in [0.29, 0.717) is 33.0 Å². The first-order chi connectivity index (χ1) is 21.4. The maximum atomic E-state index is 14.2. The number of amides is 1. The van der Waals surface area contributed by atoms with Crippen LogP contribution < -0.4 is 24.8 Å². The molecular formula is C34H33BrFN3O5. The Morgan fingerprint density at radius 3 is 2.23 bits per heavy atom. The van der Waals surface area contributed by atoms with Gasteiger partial charge in [-0.1, -0.05) is 28.1 Å². The predicted octanol–water partition coefficient (Wildman–Crippen LogP) is 7.77. The summed E-state index contributed by atoms with van der Waals surface area (Å²) < 4.78 is 30.0. The Bertz CT molecular complexity index is 1610. The summed E-state index contributed by atoms with van der Waals surface area (Å²) in [5, 5.41) is 1.56. The van der Waals surface area contributed by atoms with Crippen LogP contribution in [0.5, 0.6) is 17.2 Å². The van der Waals surface area contributed by atoms with Gasteiger partial charge in [0, 0.05) is 17.6 Å². The molecule has 1 aliphatic rings. The van der Waals surface area contributed by atoms with Gasteiger partial charge in [0.2, 0.25) is 5.91 Å². The normalized spacial score (nSPS) is 12.8.